The van der Waals surface area contributed by atoms with E-state index in [1.54, 1.807) is 4.90 Å². The van der Waals surface area contributed by atoms with Gasteiger partial charge in [-0.25, -0.2) is 4.79 Å². The molecule has 2 bridgehead atoms. The van der Waals surface area contributed by atoms with Crippen LogP contribution in [0, 0.1) is 5.92 Å². The summed E-state index contributed by atoms with van der Waals surface area (Å²) in [6.07, 6.45) is 7.51. The van der Waals surface area contributed by atoms with Gasteiger partial charge in [0.1, 0.15) is 11.6 Å². The first kappa shape index (κ1) is 33.3. The van der Waals surface area contributed by atoms with Gasteiger partial charge in [0.05, 0.1) is 0 Å². The van der Waals surface area contributed by atoms with Gasteiger partial charge in [-0.1, -0.05) is 49.2 Å². The highest BCUT2D eigenvalue weighted by Crippen LogP contribution is 2.59. The molecule has 1 aliphatic carbocycles. The first-order valence-corrected chi connectivity index (χ1v) is 18.2. The Hall–Kier alpha value is -4.17. The fourth-order valence-corrected chi connectivity index (χ4v) is 8.70. The summed E-state index contributed by atoms with van der Waals surface area (Å²) in [7, 11) is 0. The molecule has 2 unspecified atom stereocenters. The van der Waals surface area contributed by atoms with E-state index in [4.69, 9.17) is 4.74 Å². The maximum absolute atomic E-state index is 13.3. The van der Waals surface area contributed by atoms with E-state index in [0.717, 1.165) is 56.2 Å². The molecular weight excluding hydrogens is 612 g/mol. The minimum atomic E-state index is -0.613. The molecule has 258 valence electrons. The van der Waals surface area contributed by atoms with Crippen molar-refractivity contribution in [3.05, 3.63) is 71.8 Å². The Morgan fingerprint density at radius 3 is 1.69 bits per heavy atom. The van der Waals surface area contributed by atoms with E-state index in [1.807, 2.05) is 45.0 Å². The maximum atomic E-state index is 13.3. The zero-order valence-corrected chi connectivity index (χ0v) is 29.6. The summed E-state index contributed by atoms with van der Waals surface area (Å²) in [4.78, 5) is 43.0. The molecule has 1 saturated carbocycles. The van der Waals surface area contributed by atoms with Crippen molar-refractivity contribution < 1.29 is 19.1 Å². The van der Waals surface area contributed by atoms with Gasteiger partial charge in [0.15, 0.2) is 0 Å². The quantitative estimate of drug-likeness (QED) is 0.263. The first-order valence-electron chi connectivity index (χ1n) is 18.2. The van der Waals surface area contributed by atoms with Crippen LogP contribution in [0.2, 0.25) is 0 Å². The number of hydrogen-bond acceptors (Lipinski definition) is 5. The SMILES string of the molecule is CC(C)N1C2CCC1c1c(-c3ccc(NC(=O)[C@@H]4CCCN4C(=O)OC(C)(C)C)cc3)ccc(-c3ccc(NC(=O)C4CCCC4)cc3)c12. The van der Waals surface area contributed by atoms with E-state index in [9.17, 15) is 14.4 Å². The lowest BCUT2D eigenvalue weighted by atomic mass is 9.81. The van der Waals surface area contributed by atoms with Crippen LogP contribution in [0.25, 0.3) is 22.3 Å². The number of amides is 3. The van der Waals surface area contributed by atoms with Gasteiger partial charge in [-0.15, -0.1) is 0 Å². The van der Waals surface area contributed by atoms with Crippen LogP contribution in [-0.2, 0) is 14.3 Å². The number of likely N-dealkylation sites (tertiary alicyclic amines) is 1. The van der Waals surface area contributed by atoms with Crippen molar-refractivity contribution in [2.75, 3.05) is 17.2 Å². The minimum Gasteiger partial charge on any atom is -0.444 e. The maximum Gasteiger partial charge on any atom is 0.410 e. The Labute approximate surface area is 290 Å². The van der Waals surface area contributed by atoms with Gasteiger partial charge in [0.25, 0.3) is 0 Å². The highest BCUT2D eigenvalue weighted by Gasteiger charge is 2.47. The summed E-state index contributed by atoms with van der Waals surface area (Å²) >= 11 is 0. The lowest BCUT2D eigenvalue weighted by Crippen LogP contribution is -2.45. The van der Waals surface area contributed by atoms with E-state index in [2.05, 4.69) is 65.8 Å². The molecule has 2 N–H and O–H groups in total. The molecule has 0 spiro atoms. The van der Waals surface area contributed by atoms with Gasteiger partial charge in [0.2, 0.25) is 11.8 Å². The van der Waals surface area contributed by atoms with Crippen LogP contribution < -0.4 is 10.6 Å². The van der Waals surface area contributed by atoms with Crippen LogP contribution in [0.1, 0.15) is 109 Å². The van der Waals surface area contributed by atoms with Crippen LogP contribution in [0.15, 0.2) is 60.7 Å². The Bertz CT molecular complexity index is 1720. The summed E-state index contributed by atoms with van der Waals surface area (Å²) in [6, 6.07) is 21.6. The number of nitrogens with zero attached hydrogens (tertiary/aromatic N) is 2. The second-order valence-electron chi connectivity index (χ2n) is 15.6. The van der Waals surface area contributed by atoms with Gasteiger partial charge in [-0.3, -0.25) is 19.4 Å². The molecule has 3 fully saturated rings. The van der Waals surface area contributed by atoms with Crippen molar-refractivity contribution >= 4 is 29.3 Å². The second-order valence-corrected chi connectivity index (χ2v) is 15.6. The Morgan fingerprint density at radius 2 is 1.20 bits per heavy atom. The lowest BCUT2D eigenvalue weighted by Gasteiger charge is -2.28. The zero-order chi connectivity index (χ0) is 34.4. The molecule has 0 radical (unpaired) electrons. The predicted molar refractivity (Wildman–Crippen MR) is 194 cm³/mol. The molecule has 7 rings (SSSR count). The molecule has 3 aromatic carbocycles. The van der Waals surface area contributed by atoms with Crippen LogP contribution in [0.4, 0.5) is 16.2 Å². The van der Waals surface area contributed by atoms with Crippen LogP contribution >= 0.6 is 0 Å². The predicted octanol–water partition coefficient (Wildman–Crippen LogP) is 9.09. The Balaban J connectivity index is 1.12. The average molecular weight is 663 g/mol. The van der Waals surface area contributed by atoms with Crippen molar-refractivity contribution in [2.45, 2.75) is 116 Å². The Kier molecular flexibility index (Phi) is 9.03. The average Bonchev–Trinajstić information content (AvgIpc) is 3.89. The number of carbonyl (C=O) groups is 3. The van der Waals surface area contributed by atoms with Crippen molar-refractivity contribution in [2.24, 2.45) is 5.92 Å². The Morgan fingerprint density at radius 1 is 0.694 bits per heavy atom. The molecule has 3 aliphatic heterocycles. The van der Waals surface area contributed by atoms with E-state index in [0.29, 0.717) is 36.8 Å². The smallest absolute Gasteiger partial charge is 0.410 e. The lowest BCUT2D eigenvalue weighted by molar-refractivity contribution is -0.120. The molecular formula is C41H50N4O4. The van der Waals surface area contributed by atoms with Crippen LogP contribution in [0.3, 0.4) is 0 Å². The third kappa shape index (κ3) is 6.60. The van der Waals surface area contributed by atoms with Gasteiger partial charge in [-0.05, 0) is 131 Å². The molecule has 2 saturated heterocycles. The number of benzene rings is 3. The third-order valence-corrected chi connectivity index (χ3v) is 10.8. The van der Waals surface area contributed by atoms with Crippen LogP contribution in [-0.4, -0.2) is 51.9 Å². The van der Waals surface area contributed by atoms with E-state index in [1.165, 1.54) is 27.8 Å². The monoisotopic (exact) mass is 662 g/mol. The topological polar surface area (TPSA) is 91.0 Å². The minimum absolute atomic E-state index is 0.139. The number of carbonyl (C=O) groups excluding carboxylic acids is 3. The third-order valence-electron chi connectivity index (χ3n) is 10.8. The van der Waals surface area contributed by atoms with Gasteiger partial charge in [0, 0.05) is 42.0 Å². The molecule has 0 aromatic heterocycles. The van der Waals surface area contributed by atoms with Gasteiger partial charge < -0.3 is 15.4 Å². The van der Waals surface area contributed by atoms with Gasteiger partial charge in [-0.2, -0.15) is 0 Å². The summed E-state index contributed by atoms with van der Waals surface area (Å²) < 4.78 is 5.56. The molecule has 3 atom stereocenters. The molecule has 3 heterocycles. The number of hydrogen-bond donors (Lipinski definition) is 2. The van der Waals surface area contributed by atoms with Crippen molar-refractivity contribution in [3.63, 3.8) is 0 Å². The number of nitrogens with one attached hydrogen (secondary N) is 2. The molecule has 4 aliphatic rings. The fraction of sp³-hybridized carbons (Fsp3) is 0.488. The normalized spacial score (nSPS) is 22.1. The van der Waals surface area contributed by atoms with Crippen molar-refractivity contribution in [3.8, 4) is 22.3 Å². The molecule has 49 heavy (non-hydrogen) atoms. The number of ether oxygens (including phenoxy) is 1. The van der Waals surface area contributed by atoms with Crippen molar-refractivity contribution in [1.82, 2.24) is 9.80 Å². The molecule has 8 heteroatoms. The number of fused-ring (bicyclic) bond motifs is 5. The molecule has 3 amide bonds. The fourth-order valence-electron chi connectivity index (χ4n) is 8.70. The van der Waals surface area contributed by atoms with Gasteiger partial charge >= 0.3 is 6.09 Å². The largest absolute Gasteiger partial charge is 0.444 e. The summed E-state index contributed by atoms with van der Waals surface area (Å²) in [5.74, 6) is 0.0999. The summed E-state index contributed by atoms with van der Waals surface area (Å²) in [6.45, 7) is 10.6. The van der Waals surface area contributed by atoms with E-state index < -0.39 is 17.7 Å². The first-order chi connectivity index (χ1) is 23.5. The highest BCUT2D eigenvalue weighted by molar-refractivity contribution is 5.97. The van der Waals surface area contributed by atoms with Crippen molar-refractivity contribution in [1.29, 1.82) is 0 Å². The summed E-state index contributed by atoms with van der Waals surface area (Å²) in [5, 5.41) is 6.20. The molecule has 3 aromatic rings. The highest BCUT2D eigenvalue weighted by atomic mass is 16.6. The standard InChI is InChI=1S/C41H50N4O4/c1-25(2)45-33-22-23-34(45)37-32(21-20-31(36(33)37)26-12-16-29(17-13-26)42-38(46)28-9-6-7-10-28)27-14-18-30(19-15-27)43-39(47)35-11-8-24-44(35)40(48)49-41(3,4)5/h12-21,25,28,33-35H,6-11,22-24H2,1-5H3,(H,42,46)(H,43,47)/t33?,34?,35-/m0/s1. The second kappa shape index (κ2) is 13.3. The summed E-state index contributed by atoms with van der Waals surface area (Å²) in [5.41, 5.74) is 8.59. The molecule has 8 nitrogen and oxygen atoms in total. The number of anilines is 2. The zero-order valence-electron chi connectivity index (χ0n) is 29.6. The van der Waals surface area contributed by atoms with Crippen LogP contribution in [0.5, 0.6) is 0 Å². The number of rotatable bonds is 7. The van der Waals surface area contributed by atoms with E-state index >= 15 is 0 Å². The van der Waals surface area contributed by atoms with E-state index in [-0.39, 0.29) is 17.7 Å².